The smallest absolute Gasteiger partial charge is 0.143 e. The minimum Gasteiger partial charge on any atom is -0.299 e. The Balaban J connectivity index is 2.14. The molecule has 2 rings (SSSR count). The van der Waals surface area contributed by atoms with Crippen LogP contribution < -0.4 is 0 Å². The van der Waals surface area contributed by atoms with Gasteiger partial charge in [-0.1, -0.05) is 32.8 Å². The summed E-state index contributed by atoms with van der Waals surface area (Å²) in [5, 5.41) is 0. The van der Waals surface area contributed by atoms with Gasteiger partial charge in [-0.2, -0.15) is 0 Å². The first kappa shape index (κ1) is 15.7. The maximum absolute atomic E-state index is 13.3. The fourth-order valence-corrected chi connectivity index (χ4v) is 3.88. The van der Waals surface area contributed by atoms with Gasteiger partial charge in [0.25, 0.3) is 0 Å². The van der Waals surface area contributed by atoms with Crippen LogP contribution in [0.1, 0.15) is 51.5 Å². The Labute approximate surface area is 129 Å². The summed E-state index contributed by atoms with van der Waals surface area (Å²) in [5.41, 5.74) is 0.771. The van der Waals surface area contributed by atoms with Crippen molar-refractivity contribution in [3.05, 3.63) is 34.1 Å². The number of ketones is 1. The van der Waals surface area contributed by atoms with Crippen LogP contribution in [0.5, 0.6) is 0 Å². The Morgan fingerprint density at radius 2 is 2.00 bits per heavy atom. The molecule has 1 aliphatic rings. The second-order valence-electron chi connectivity index (χ2n) is 6.43. The highest BCUT2D eigenvalue weighted by molar-refractivity contribution is 9.10. The van der Waals surface area contributed by atoms with Gasteiger partial charge in [0.15, 0.2) is 0 Å². The fourth-order valence-electron chi connectivity index (χ4n) is 3.45. The van der Waals surface area contributed by atoms with Crippen molar-refractivity contribution in [1.82, 2.24) is 0 Å². The van der Waals surface area contributed by atoms with Gasteiger partial charge in [0.05, 0.1) is 4.47 Å². The van der Waals surface area contributed by atoms with Gasteiger partial charge in [-0.3, -0.25) is 4.79 Å². The van der Waals surface area contributed by atoms with E-state index in [0.717, 1.165) is 37.7 Å². The first-order valence-corrected chi connectivity index (χ1v) is 8.19. The number of Topliss-reactive ketones (excluding diaryl/α,β-unsaturated/α-hetero) is 1. The maximum Gasteiger partial charge on any atom is 0.143 e. The van der Waals surface area contributed by atoms with Crippen LogP contribution >= 0.6 is 15.9 Å². The van der Waals surface area contributed by atoms with Crippen molar-refractivity contribution in [3.8, 4) is 0 Å². The van der Waals surface area contributed by atoms with E-state index in [0.29, 0.717) is 22.6 Å². The summed E-state index contributed by atoms with van der Waals surface area (Å²) in [5.74, 6) is 0.596. The quantitative estimate of drug-likeness (QED) is 0.710. The molecule has 0 spiro atoms. The maximum atomic E-state index is 13.3. The van der Waals surface area contributed by atoms with Crippen LogP contribution in [0.25, 0.3) is 0 Å². The van der Waals surface area contributed by atoms with Crippen LogP contribution in [0, 0.1) is 17.2 Å². The van der Waals surface area contributed by atoms with Gasteiger partial charge in [-0.05, 0) is 58.8 Å². The van der Waals surface area contributed by atoms with Crippen LogP contribution in [0.4, 0.5) is 4.39 Å². The van der Waals surface area contributed by atoms with Crippen molar-refractivity contribution in [3.63, 3.8) is 0 Å². The molecule has 0 heterocycles. The molecule has 1 aromatic rings. The van der Waals surface area contributed by atoms with Crippen molar-refractivity contribution in [2.45, 2.75) is 52.4 Å². The first-order chi connectivity index (χ1) is 9.43. The molecule has 1 fully saturated rings. The topological polar surface area (TPSA) is 17.1 Å². The second-order valence-corrected chi connectivity index (χ2v) is 7.29. The summed E-state index contributed by atoms with van der Waals surface area (Å²) in [6, 6.07) is 4.87. The average Bonchev–Trinajstić information content (AvgIpc) is 2.83. The number of carbonyl (C=O) groups excluding carboxylic acids is 1. The number of halogens is 2. The normalized spacial score (nSPS) is 17.6. The largest absolute Gasteiger partial charge is 0.299 e. The molecule has 0 aromatic heterocycles. The average molecular weight is 341 g/mol. The van der Waals surface area contributed by atoms with Gasteiger partial charge in [-0.15, -0.1) is 0 Å². The fraction of sp³-hybridized carbons (Fsp3) is 0.588. The van der Waals surface area contributed by atoms with Crippen molar-refractivity contribution in [2.24, 2.45) is 11.3 Å². The van der Waals surface area contributed by atoms with Crippen LogP contribution in [0.3, 0.4) is 0 Å². The van der Waals surface area contributed by atoms with E-state index in [1.165, 1.54) is 6.07 Å². The predicted octanol–water partition coefficient (Wildman–Crippen LogP) is 5.31. The first-order valence-electron chi connectivity index (χ1n) is 7.40. The molecule has 1 nitrogen and oxygen atoms in total. The summed E-state index contributed by atoms with van der Waals surface area (Å²) in [7, 11) is 0. The van der Waals surface area contributed by atoms with Gasteiger partial charge < -0.3 is 0 Å². The van der Waals surface area contributed by atoms with E-state index in [4.69, 9.17) is 0 Å². The van der Waals surface area contributed by atoms with E-state index in [1.54, 1.807) is 12.1 Å². The molecule has 1 aliphatic carbocycles. The molecule has 0 radical (unpaired) electrons. The third kappa shape index (κ3) is 3.49. The predicted molar refractivity (Wildman–Crippen MR) is 83.2 cm³/mol. The van der Waals surface area contributed by atoms with E-state index in [2.05, 4.69) is 29.8 Å². The van der Waals surface area contributed by atoms with Crippen molar-refractivity contribution in [2.75, 3.05) is 0 Å². The number of hydrogen-bond acceptors (Lipinski definition) is 1. The molecule has 0 aliphatic heterocycles. The minimum atomic E-state index is -0.279. The van der Waals surface area contributed by atoms with Crippen molar-refractivity contribution < 1.29 is 9.18 Å². The van der Waals surface area contributed by atoms with E-state index < -0.39 is 0 Å². The molecule has 0 atom stereocenters. The van der Waals surface area contributed by atoms with Gasteiger partial charge in [-0.25, -0.2) is 4.39 Å². The number of rotatable bonds is 5. The lowest BCUT2D eigenvalue weighted by Crippen LogP contribution is -2.31. The molecule has 0 unspecified atom stereocenters. The van der Waals surface area contributed by atoms with Crippen LogP contribution in [-0.4, -0.2) is 5.78 Å². The zero-order valence-corrected chi connectivity index (χ0v) is 13.8. The van der Waals surface area contributed by atoms with E-state index in [1.807, 2.05) is 0 Å². The Morgan fingerprint density at radius 1 is 1.35 bits per heavy atom. The molecular weight excluding hydrogens is 319 g/mol. The Bertz CT molecular complexity index is 490. The Kier molecular flexibility index (Phi) is 5.00. The van der Waals surface area contributed by atoms with Gasteiger partial charge in [0.1, 0.15) is 11.6 Å². The van der Waals surface area contributed by atoms with Crippen LogP contribution in [-0.2, 0) is 11.2 Å². The molecule has 1 aromatic carbocycles. The molecule has 20 heavy (non-hydrogen) atoms. The van der Waals surface area contributed by atoms with Gasteiger partial charge in [0.2, 0.25) is 0 Å². The summed E-state index contributed by atoms with van der Waals surface area (Å²) in [6.45, 7) is 4.36. The molecule has 110 valence electrons. The molecule has 0 N–H and O–H groups in total. The monoisotopic (exact) mass is 340 g/mol. The molecular formula is C17H22BrFO. The van der Waals surface area contributed by atoms with Crippen LogP contribution in [0.2, 0.25) is 0 Å². The number of carbonyl (C=O) groups is 1. The van der Waals surface area contributed by atoms with E-state index in [-0.39, 0.29) is 11.2 Å². The third-order valence-corrected chi connectivity index (χ3v) is 4.91. The Hall–Kier alpha value is -0.700. The van der Waals surface area contributed by atoms with E-state index >= 15 is 0 Å². The van der Waals surface area contributed by atoms with Gasteiger partial charge in [0, 0.05) is 11.8 Å². The minimum absolute atomic E-state index is 0.130. The summed E-state index contributed by atoms with van der Waals surface area (Å²) < 4.78 is 13.7. The lowest BCUT2D eigenvalue weighted by atomic mass is 9.73. The lowest BCUT2D eigenvalue weighted by Gasteiger charge is -2.29. The zero-order chi connectivity index (χ0) is 14.8. The van der Waals surface area contributed by atoms with Crippen molar-refractivity contribution >= 4 is 21.7 Å². The standard InChI is InChI=1S/C17H22BrFO/c1-12(2)11-17(7-3-4-8-17)16(20)10-13-5-6-15(19)14(18)9-13/h5-6,9,12H,3-4,7-8,10-11H2,1-2H3. The second kappa shape index (κ2) is 6.38. The molecule has 0 saturated heterocycles. The highest BCUT2D eigenvalue weighted by Crippen LogP contribution is 2.44. The third-order valence-electron chi connectivity index (χ3n) is 4.30. The van der Waals surface area contributed by atoms with Crippen molar-refractivity contribution in [1.29, 1.82) is 0 Å². The highest BCUT2D eigenvalue weighted by Gasteiger charge is 2.40. The molecule has 0 amide bonds. The summed E-state index contributed by atoms with van der Waals surface area (Å²) in [6.07, 6.45) is 5.76. The molecule has 0 bridgehead atoms. The highest BCUT2D eigenvalue weighted by atomic mass is 79.9. The lowest BCUT2D eigenvalue weighted by molar-refractivity contribution is -0.128. The van der Waals surface area contributed by atoms with Gasteiger partial charge >= 0.3 is 0 Å². The number of hydrogen-bond donors (Lipinski definition) is 0. The molecule has 3 heteroatoms. The Morgan fingerprint density at radius 3 is 2.55 bits per heavy atom. The summed E-state index contributed by atoms with van der Waals surface area (Å²) >= 11 is 3.19. The zero-order valence-electron chi connectivity index (χ0n) is 12.2. The molecule has 1 saturated carbocycles. The number of benzene rings is 1. The van der Waals surface area contributed by atoms with E-state index in [9.17, 15) is 9.18 Å². The SMILES string of the molecule is CC(C)CC1(C(=O)Cc2ccc(F)c(Br)c2)CCCC1. The van der Waals surface area contributed by atoms with Crippen LogP contribution in [0.15, 0.2) is 22.7 Å². The summed E-state index contributed by atoms with van der Waals surface area (Å²) in [4.78, 5) is 12.8.